The van der Waals surface area contributed by atoms with Crippen LogP contribution in [0.3, 0.4) is 0 Å². The highest BCUT2D eigenvalue weighted by Gasteiger charge is 2.24. The smallest absolute Gasteiger partial charge is 0.321 e. The molecule has 1 atom stereocenters. The Balaban J connectivity index is 1.38. The van der Waals surface area contributed by atoms with Crippen LogP contribution in [-0.2, 0) is 4.79 Å². The number of amides is 3. The van der Waals surface area contributed by atoms with Crippen molar-refractivity contribution in [3.8, 4) is 0 Å². The Hall–Kier alpha value is -2.53. The molecule has 1 fully saturated rings. The second-order valence-electron chi connectivity index (χ2n) is 7.69. The van der Waals surface area contributed by atoms with Crippen LogP contribution in [-0.4, -0.2) is 36.5 Å². The third-order valence-electron chi connectivity index (χ3n) is 5.43. The number of hydrogen-bond acceptors (Lipinski definition) is 2. The van der Waals surface area contributed by atoms with Gasteiger partial charge in [-0.05, 0) is 48.4 Å². The minimum atomic E-state index is -0.119. The maximum atomic E-state index is 12.4. The first-order valence-corrected chi connectivity index (χ1v) is 10.5. The zero-order chi connectivity index (χ0) is 20.6. The summed E-state index contributed by atoms with van der Waals surface area (Å²) in [5.74, 6) is 0.698. The van der Waals surface area contributed by atoms with Gasteiger partial charge in [-0.2, -0.15) is 0 Å². The predicted molar refractivity (Wildman–Crippen MR) is 117 cm³/mol. The molecule has 1 aliphatic heterocycles. The summed E-state index contributed by atoms with van der Waals surface area (Å²) in [5.41, 5.74) is 1.92. The lowest BCUT2D eigenvalue weighted by molar-refractivity contribution is -0.122. The molecular formula is C23H28ClN3O2. The van der Waals surface area contributed by atoms with E-state index in [-0.39, 0.29) is 17.9 Å². The van der Waals surface area contributed by atoms with Crippen LogP contribution in [0.25, 0.3) is 0 Å². The fraction of sp³-hybridized carbons (Fsp3) is 0.391. The lowest BCUT2D eigenvalue weighted by Gasteiger charge is -2.31. The van der Waals surface area contributed by atoms with E-state index in [1.807, 2.05) is 24.3 Å². The zero-order valence-corrected chi connectivity index (χ0v) is 17.5. The highest BCUT2D eigenvalue weighted by Crippen LogP contribution is 2.22. The van der Waals surface area contributed by atoms with Gasteiger partial charge in [0.05, 0.1) is 0 Å². The molecule has 0 saturated carbocycles. The topological polar surface area (TPSA) is 61.4 Å². The van der Waals surface area contributed by atoms with Gasteiger partial charge < -0.3 is 15.5 Å². The SMILES string of the molecule is C[C@@H](CNC(=O)CC1CCN(C(=O)Nc2cccc(Cl)c2)CC1)c1ccccc1. The summed E-state index contributed by atoms with van der Waals surface area (Å²) < 4.78 is 0. The van der Waals surface area contributed by atoms with Crippen LogP contribution < -0.4 is 10.6 Å². The molecule has 0 bridgehead atoms. The monoisotopic (exact) mass is 413 g/mol. The van der Waals surface area contributed by atoms with Gasteiger partial charge in [0.15, 0.2) is 0 Å². The van der Waals surface area contributed by atoms with Crippen LogP contribution in [0.5, 0.6) is 0 Å². The number of anilines is 1. The number of likely N-dealkylation sites (tertiary alicyclic amines) is 1. The Morgan fingerprint density at radius 3 is 2.52 bits per heavy atom. The molecule has 1 heterocycles. The van der Waals surface area contributed by atoms with E-state index < -0.39 is 0 Å². The summed E-state index contributed by atoms with van der Waals surface area (Å²) in [6.07, 6.45) is 2.19. The summed E-state index contributed by atoms with van der Waals surface area (Å²) in [4.78, 5) is 26.5. The van der Waals surface area contributed by atoms with Gasteiger partial charge in [0.25, 0.3) is 0 Å². The van der Waals surface area contributed by atoms with Crippen LogP contribution in [0.15, 0.2) is 54.6 Å². The molecule has 0 radical (unpaired) electrons. The molecule has 2 aromatic carbocycles. The standard InChI is InChI=1S/C23H28ClN3O2/c1-17(19-6-3-2-4-7-19)16-25-22(28)14-18-10-12-27(13-11-18)23(29)26-21-9-5-8-20(24)15-21/h2-9,15,17-18H,10-14,16H2,1H3,(H,25,28)(H,26,29)/t17-/m0/s1. The fourth-order valence-electron chi connectivity index (χ4n) is 3.61. The van der Waals surface area contributed by atoms with E-state index in [4.69, 9.17) is 11.6 Å². The molecule has 1 aliphatic rings. The summed E-state index contributed by atoms with van der Waals surface area (Å²) in [7, 11) is 0. The van der Waals surface area contributed by atoms with Crippen molar-refractivity contribution in [2.45, 2.75) is 32.1 Å². The third kappa shape index (κ3) is 6.50. The van der Waals surface area contributed by atoms with E-state index in [1.165, 1.54) is 5.56 Å². The average Bonchev–Trinajstić information content (AvgIpc) is 2.73. The molecule has 0 aliphatic carbocycles. The van der Waals surface area contributed by atoms with Crippen molar-refractivity contribution in [3.05, 3.63) is 65.2 Å². The molecule has 3 amide bonds. The number of benzene rings is 2. The van der Waals surface area contributed by atoms with Crippen molar-refractivity contribution >= 4 is 29.2 Å². The number of halogens is 1. The van der Waals surface area contributed by atoms with E-state index in [1.54, 1.807) is 23.1 Å². The summed E-state index contributed by atoms with van der Waals surface area (Å²) >= 11 is 5.96. The van der Waals surface area contributed by atoms with E-state index in [0.29, 0.717) is 42.7 Å². The molecular weight excluding hydrogens is 386 g/mol. The van der Waals surface area contributed by atoms with Crippen molar-refractivity contribution in [2.75, 3.05) is 25.0 Å². The summed E-state index contributed by atoms with van der Waals surface area (Å²) in [6, 6.07) is 17.2. The highest BCUT2D eigenvalue weighted by atomic mass is 35.5. The zero-order valence-electron chi connectivity index (χ0n) is 16.7. The lowest BCUT2D eigenvalue weighted by Crippen LogP contribution is -2.42. The van der Waals surface area contributed by atoms with Crippen LogP contribution in [0.4, 0.5) is 10.5 Å². The van der Waals surface area contributed by atoms with Gasteiger partial charge >= 0.3 is 6.03 Å². The van der Waals surface area contributed by atoms with Crippen LogP contribution >= 0.6 is 11.6 Å². The van der Waals surface area contributed by atoms with E-state index >= 15 is 0 Å². The Kier molecular flexibility index (Phi) is 7.53. The van der Waals surface area contributed by atoms with E-state index in [2.05, 4.69) is 29.7 Å². The third-order valence-corrected chi connectivity index (χ3v) is 5.66. The quantitative estimate of drug-likeness (QED) is 0.707. The Bertz CT molecular complexity index is 820. The van der Waals surface area contributed by atoms with Gasteiger partial charge in [-0.1, -0.05) is 54.9 Å². The lowest BCUT2D eigenvalue weighted by atomic mass is 9.93. The van der Waals surface area contributed by atoms with Gasteiger partial charge in [-0.25, -0.2) is 4.79 Å². The molecule has 0 spiro atoms. The Morgan fingerprint density at radius 1 is 1.10 bits per heavy atom. The first-order valence-electron chi connectivity index (χ1n) is 10.1. The number of urea groups is 1. The number of nitrogens with zero attached hydrogens (tertiary/aromatic N) is 1. The minimum Gasteiger partial charge on any atom is -0.355 e. The Morgan fingerprint density at radius 2 is 1.83 bits per heavy atom. The number of rotatable bonds is 6. The molecule has 1 saturated heterocycles. The molecule has 6 heteroatoms. The molecule has 2 aromatic rings. The van der Waals surface area contributed by atoms with Crippen LogP contribution in [0.2, 0.25) is 5.02 Å². The maximum Gasteiger partial charge on any atom is 0.321 e. The Labute approximate surface area is 177 Å². The minimum absolute atomic E-state index is 0.0922. The normalized spacial score (nSPS) is 15.6. The molecule has 2 N–H and O–H groups in total. The van der Waals surface area contributed by atoms with Crippen molar-refractivity contribution in [1.29, 1.82) is 0 Å². The van der Waals surface area contributed by atoms with Crippen LogP contribution in [0.1, 0.15) is 37.7 Å². The summed E-state index contributed by atoms with van der Waals surface area (Å²) in [6.45, 7) is 4.08. The second-order valence-corrected chi connectivity index (χ2v) is 8.13. The van der Waals surface area contributed by atoms with Crippen molar-refractivity contribution < 1.29 is 9.59 Å². The number of nitrogens with one attached hydrogen (secondary N) is 2. The van der Waals surface area contributed by atoms with Crippen LogP contribution in [0, 0.1) is 5.92 Å². The first-order chi connectivity index (χ1) is 14.0. The second kappa shape index (κ2) is 10.3. The van der Waals surface area contributed by atoms with Gasteiger partial charge in [0, 0.05) is 36.8 Å². The molecule has 29 heavy (non-hydrogen) atoms. The van der Waals surface area contributed by atoms with Crippen molar-refractivity contribution in [2.24, 2.45) is 5.92 Å². The average molecular weight is 414 g/mol. The summed E-state index contributed by atoms with van der Waals surface area (Å²) in [5, 5.41) is 6.53. The van der Waals surface area contributed by atoms with E-state index in [9.17, 15) is 9.59 Å². The van der Waals surface area contributed by atoms with Crippen molar-refractivity contribution in [3.63, 3.8) is 0 Å². The molecule has 5 nitrogen and oxygen atoms in total. The van der Waals surface area contributed by atoms with Crippen molar-refractivity contribution in [1.82, 2.24) is 10.2 Å². The van der Waals surface area contributed by atoms with Gasteiger partial charge in [-0.15, -0.1) is 0 Å². The molecule has 0 aromatic heterocycles. The fourth-order valence-corrected chi connectivity index (χ4v) is 3.80. The number of carbonyl (C=O) groups excluding carboxylic acids is 2. The highest BCUT2D eigenvalue weighted by molar-refractivity contribution is 6.30. The number of carbonyl (C=O) groups is 2. The molecule has 0 unspecified atom stereocenters. The van der Waals surface area contributed by atoms with E-state index in [0.717, 1.165) is 12.8 Å². The number of piperidine rings is 1. The van der Waals surface area contributed by atoms with Gasteiger partial charge in [0.1, 0.15) is 0 Å². The van der Waals surface area contributed by atoms with Gasteiger partial charge in [-0.3, -0.25) is 4.79 Å². The predicted octanol–water partition coefficient (Wildman–Crippen LogP) is 4.89. The molecule has 154 valence electrons. The maximum absolute atomic E-state index is 12.4. The number of hydrogen-bond donors (Lipinski definition) is 2. The first kappa shape index (κ1) is 21.2. The van der Waals surface area contributed by atoms with Gasteiger partial charge in [0.2, 0.25) is 5.91 Å². The molecule has 3 rings (SSSR count). The largest absolute Gasteiger partial charge is 0.355 e.